The Balaban J connectivity index is 2.21. The lowest BCUT2D eigenvalue weighted by atomic mass is 10.1. The molecular formula is C14H19BrO4. The minimum atomic E-state index is -0.619. The second-order valence-corrected chi connectivity index (χ2v) is 5.57. The first-order chi connectivity index (χ1) is 8.99. The molecule has 1 N–H and O–H groups in total. The highest BCUT2D eigenvalue weighted by Gasteiger charge is 2.21. The maximum absolute atomic E-state index is 11.5. The van der Waals surface area contributed by atoms with E-state index in [1.165, 1.54) is 6.92 Å². The summed E-state index contributed by atoms with van der Waals surface area (Å²) < 4.78 is 5.78. The molecule has 106 valence electrons. The zero-order chi connectivity index (χ0) is 14.3. The van der Waals surface area contributed by atoms with Gasteiger partial charge >= 0.3 is 5.97 Å². The van der Waals surface area contributed by atoms with Gasteiger partial charge in [0.1, 0.15) is 0 Å². The number of aliphatic hydroxyl groups excluding tert-OH is 1. The maximum Gasteiger partial charge on any atom is 0.302 e. The summed E-state index contributed by atoms with van der Waals surface area (Å²) in [6.45, 7) is 1.86. The van der Waals surface area contributed by atoms with Crippen molar-refractivity contribution >= 4 is 27.7 Å². The van der Waals surface area contributed by atoms with E-state index in [0.29, 0.717) is 18.6 Å². The van der Waals surface area contributed by atoms with Crippen molar-refractivity contribution in [1.82, 2.24) is 0 Å². The van der Waals surface area contributed by atoms with Crippen LogP contribution in [0.4, 0.5) is 0 Å². The fourth-order valence-electron chi connectivity index (χ4n) is 1.84. The molecule has 0 bridgehead atoms. The van der Waals surface area contributed by atoms with Crippen molar-refractivity contribution in [3.05, 3.63) is 22.2 Å². The van der Waals surface area contributed by atoms with Gasteiger partial charge in [0.25, 0.3) is 0 Å². The standard InChI is InChI=1S/C14H19BrO4/c1-10(16)19-6-4-2-3-5-12(15)7-11-8-13(17)9-14(11)18/h5,8,13,17H,2-4,6-7,9H2,1H3/b12-5-/t13-/m1/s1. The maximum atomic E-state index is 11.5. The van der Waals surface area contributed by atoms with E-state index in [-0.39, 0.29) is 18.2 Å². The number of carbonyl (C=O) groups is 2. The normalized spacial score (nSPS) is 19.5. The predicted octanol–water partition coefficient (Wildman–Crippen LogP) is 2.65. The van der Waals surface area contributed by atoms with E-state index in [1.54, 1.807) is 6.08 Å². The number of hydrogen-bond acceptors (Lipinski definition) is 4. The van der Waals surface area contributed by atoms with Gasteiger partial charge in [-0.2, -0.15) is 0 Å². The molecule has 1 atom stereocenters. The van der Waals surface area contributed by atoms with Crippen molar-refractivity contribution in [2.24, 2.45) is 0 Å². The Morgan fingerprint density at radius 3 is 2.89 bits per heavy atom. The summed E-state index contributed by atoms with van der Waals surface area (Å²) in [6.07, 6.45) is 6.40. The van der Waals surface area contributed by atoms with Gasteiger partial charge in [0.2, 0.25) is 0 Å². The van der Waals surface area contributed by atoms with Gasteiger partial charge in [0, 0.05) is 19.8 Å². The van der Waals surface area contributed by atoms with E-state index in [2.05, 4.69) is 15.9 Å². The molecule has 0 fully saturated rings. The highest BCUT2D eigenvalue weighted by Crippen LogP contribution is 2.25. The van der Waals surface area contributed by atoms with Crippen LogP contribution in [0.5, 0.6) is 0 Å². The Bertz CT molecular complexity index is 398. The molecule has 0 spiro atoms. The second kappa shape index (κ2) is 8.27. The summed E-state index contributed by atoms with van der Waals surface area (Å²) in [4.78, 5) is 22.0. The summed E-state index contributed by atoms with van der Waals surface area (Å²) in [5, 5.41) is 9.33. The molecule has 1 aliphatic carbocycles. The Kier molecular flexibility index (Phi) is 7.02. The third-order valence-electron chi connectivity index (χ3n) is 2.78. The van der Waals surface area contributed by atoms with Gasteiger partial charge in [-0.1, -0.05) is 22.0 Å². The number of ketones is 1. The quantitative estimate of drug-likeness (QED) is 0.575. The fourth-order valence-corrected chi connectivity index (χ4v) is 2.37. The van der Waals surface area contributed by atoms with Gasteiger partial charge in [0.15, 0.2) is 5.78 Å². The third kappa shape index (κ3) is 6.68. The van der Waals surface area contributed by atoms with Crippen LogP contribution in [0.3, 0.4) is 0 Å². The molecule has 19 heavy (non-hydrogen) atoms. The van der Waals surface area contributed by atoms with E-state index in [9.17, 15) is 14.7 Å². The molecule has 4 nitrogen and oxygen atoms in total. The van der Waals surface area contributed by atoms with Crippen LogP contribution in [-0.4, -0.2) is 29.6 Å². The number of ether oxygens (including phenoxy) is 1. The molecule has 5 heteroatoms. The van der Waals surface area contributed by atoms with E-state index in [0.717, 1.165) is 23.7 Å². The minimum Gasteiger partial charge on any atom is -0.466 e. The number of esters is 1. The summed E-state index contributed by atoms with van der Waals surface area (Å²) in [5.41, 5.74) is 0.676. The van der Waals surface area contributed by atoms with Crippen LogP contribution in [0.1, 0.15) is 39.0 Å². The molecule has 0 aromatic carbocycles. The highest BCUT2D eigenvalue weighted by atomic mass is 79.9. The zero-order valence-electron chi connectivity index (χ0n) is 11.0. The summed E-state index contributed by atoms with van der Waals surface area (Å²) in [6, 6.07) is 0. The lowest BCUT2D eigenvalue weighted by molar-refractivity contribution is -0.141. The number of hydrogen-bond donors (Lipinski definition) is 1. The molecule has 0 amide bonds. The summed E-state index contributed by atoms with van der Waals surface area (Å²) in [5.74, 6) is -0.227. The molecule has 0 aromatic rings. The molecule has 0 heterocycles. The first kappa shape index (κ1) is 16.1. The SMILES string of the molecule is CC(=O)OCCCC/C=C(\Br)CC1=C[C@@H](O)CC1=O. The predicted molar refractivity (Wildman–Crippen MR) is 75.8 cm³/mol. The van der Waals surface area contributed by atoms with Crippen LogP contribution in [-0.2, 0) is 14.3 Å². The van der Waals surface area contributed by atoms with Crippen molar-refractivity contribution in [3.8, 4) is 0 Å². The van der Waals surface area contributed by atoms with Crippen LogP contribution < -0.4 is 0 Å². The molecule has 1 rings (SSSR count). The van der Waals surface area contributed by atoms with Crippen LogP contribution in [0.15, 0.2) is 22.2 Å². The first-order valence-electron chi connectivity index (χ1n) is 6.39. The van der Waals surface area contributed by atoms with Crippen molar-refractivity contribution in [3.63, 3.8) is 0 Å². The Hall–Kier alpha value is -0.940. The molecule has 0 saturated carbocycles. The van der Waals surface area contributed by atoms with Crippen LogP contribution >= 0.6 is 15.9 Å². The number of carbonyl (C=O) groups excluding carboxylic acids is 2. The molecule has 1 aliphatic rings. The monoisotopic (exact) mass is 330 g/mol. The second-order valence-electron chi connectivity index (χ2n) is 4.55. The van der Waals surface area contributed by atoms with Crippen LogP contribution in [0, 0.1) is 0 Å². The van der Waals surface area contributed by atoms with Gasteiger partial charge in [-0.15, -0.1) is 0 Å². The first-order valence-corrected chi connectivity index (χ1v) is 7.18. The number of unbranched alkanes of at least 4 members (excludes halogenated alkanes) is 2. The number of aliphatic hydroxyl groups is 1. The van der Waals surface area contributed by atoms with Crippen LogP contribution in [0.25, 0.3) is 0 Å². The lowest BCUT2D eigenvalue weighted by Gasteiger charge is -2.01. The molecule has 0 aromatic heterocycles. The number of rotatable bonds is 7. The third-order valence-corrected chi connectivity index (χ3v) is 3.38. The molecule has 0 aliphatic heterocycles. The number of halogens is 1. The van der Waals surface area contributed by atoms with Crippen molar-refractivity contribution < 1.29 is 19.4 Å². The average Bonchev–Trinajstić information content (AvgIpc) is 2.62. The molecule has 0 unspecified atom stereocenters. The van der Waals surface area contributed by atoms with Crippen molar-refractivity contribution in [2.75, 3.05) is 6.61 Å². The summed E-state index contributed by atoms with van der Waals surface area (Å²) >= 11 is 3.43. The van der Waals surface area contributed by atoms with Gasteiger partial charge in [-0.05, 0) is 35.4 Å². The number of Topliss-reactive ketones (excluding diaryl/α,β-unsaturated/α-hetero) is 1. The number of allylic oxidation sites excluding steroid dienone is 3. The Morgan fingerprint density at radius 2 is 2.32 bits per heavy atom. The topological polar surface area (TPSA) is 63.6 Å². The van der Waals surface area contributed by atoms with E-state index in [4.69, 9.17) is 4.74 Å². The highest BCUT2D eigenvalue weighted by molar-refractivity contribution is 9.11. The van der Waals surface area contributed by atoms with Gasteiger partial charge in [-0.3, -0.25) is 9.59 Å². The van der Waals surface area contributed by atoms with E-state index in [1.807, 2.05) is 6.08 Å². The summed E-state index contributed by atoms with van der Waals surface area (Å²) in [7, 11) is 0. The Morgan fingerprint density at radius 1 is 1.58 bits per heavy atom. The Labute approximate surface area is 121 Å². The fraction of sp³-hybridized carbons (Fsp3) is 0.571. The van der Waals surface area contributed by atoms with Gasteiger partial charge in [-0.25, -0.2) is 0 Å². The van der Waals surface area contributed by atoms with Gasteiger partial charge < -0.3 is 9.84 Å². The average molecular weight is 331 g/mol. The largest absolute Gasteiger partial charge is 0.466 e. The molecular weight excluding hydrogens is 312 g/mol. The van der Waals surface area contributed by atoms with Crippen LogP contribution in [0.2, 0.25) is 0 Å². The van der Waals surface area contributed by atoms with E-state index < -0.39 is 6.10 Å². The molecule has 0 radical (unpaired) electrons. The minimum absolute atomic E-state index is 0.0210. The smallest absolute Gasteiger partial charge is 0.302 e. The molecule has 0 saturated heterocycles. The van der Waals surface area contributed by atoms with Gasteiger partial charge in [0.05, 0.1) is 12.7 Å². The zero-order valence-corrected chi connectivity index (χ0v) is 12.6. The van der Waals surface area contributed by atoms with Crippen molar-refractivity contribution in [1.29, 1.82) is 0 Å². The lowest BCUT2D eigenvalue weighted by Crippen LogP contribution is -2.01. The van der Waals surface area contributed by atoms with Crippen molar-refractivity contribution in [2.45, 2.75) is 45.1 Å². The van der Waals surface area contributed by atoms with E-state index >= 15 is 0 Å².